The fourth-order valence-electron chi connectivity index (χ4n) is 6.27. The molecule has 0 heterocycles. The van der Waals surface area contributed by atoms with Gasteiger partial charge in [0, 0.05) is 22.2 Å². The van der Waals surface area contributed by atoms with Crippen LogP contribution in [0, 0.1) is 11.8 Å². The molecule has 7 aliphatic carbocycles. The molecule has 9 heteroatoms. The van der Waals surface area contributed by atoms with Gasteiger partial charge in [-0.05, 0) is 85.8 Å². The van der Waals surface area contributed by atoms with E-state index in [-0.39, 0.29) is 26.7 Å². The van der Waals surface area contributed by atoms with Gasteiger partial charge in [-0.25, -0.2) is 26.3 Å². The number of carbonyl (C=O) groups excluding carboxylic acids is 1. The van der Waals surface area contributed by atoms with Gasteiger partial charge in [0.25, 0.3) is 0 Å². The number of sulfonamides is 2. The van der Waals surface area contributed by atoms with Crippen molar-refractivity contribution >= 4 is 25.8 Å². The van der Waals surface area contributed by atoms with Gasteiger partial charge in [0.15, 0.2) is 5.78 Å². The van der Waals surface area contributed by atoms with Gasteiger partial charge in [0.2, 0.25) is 20.0 Å². The van der Waals surface area contributed by atoms with Crippen LogP contribution in [0.25, 0.3) is 11.1 Å². The summed E-state index contributed by atoms with van der Waals surface area (Å²) in [5, 5.41) is 0. The number of nitrogens with one attached hydrogen (secondary N) is 2. The molecule has 0 unspecified atom stereocenters. The van der Waals surface area contributed by atoms with E-state index in [1.54, 1.807) is 12.1 Å². The van der Waals surface area contributed by atoms with Crippen molar-refractivity contribution in [1.82, 2.24) is 9.44 Å². The summed E-state index contributed by atoms with van der Waals surface area (Å²) in [5.41, 5.74) is 1.25. The van der Waals surface area contributed by atoms with Crippen LogP contribution in [0.15, 0.2) is 46.2 Å². The summed E-state index contributed by atoms with van der Waals surface area (Å²) in [6, 6.07) is 9.15. The minimum Gasteiger partial charge on any atom is -0.289 e. The van der Waals surface area contributed by atoms with E-state index in [9.17, 15) is 21.6 Å². The first-order valence-electron chi connectivity index (χ1n) is 11.0. The summed E-state index contributed by atoms with van der Waals surface area (Å²) in [4.78, 5) is 13.3. The molecule has 0 amide bonds. The molecule has 0 aliphatic heterocycles. The predicted molar refractivity (Wildman–Crippen MR) is 116 cm³/mol. The normalized spacial score (nSPS) is 33.3. The van der Waals surface area contributed by atoms with Crippen LogP contribution in [0.1, 0.15) is 54.4 Å². The quantitative estimate of drug-likeness (QED) is 0.576. The van der Waals surface area contributed by atoms with Crippen molar-refractivity contribution in [2.75, 3.05) is 0 Å². The first-order chi connectivity index (χ1) is 15.1. The van der Waals surface area contributed by atoms with Crippen LogP contribution in [0.4, 0.5) is 0 Å². The van der Waals surface area contributed by atoms with Crippen molar-refractivity contribution in [1.29, 1.82) is 0 Å². The maximum atomic E-state index is 13.1. The zero-order chi connectivity index (χ0) is 22.1. The summed E-state index contributed by atoms with van der Waals surface area (Å²) < 4.78 is 57.2. The molecular weight excluding hydrogens is 448 g/mol. The average molecular weight is 471 g/mol. The first kappa shape index (κ1) is 19.4. The highest BCUT2D eigenvalue weighted by atomic mass is 32.2. The lowest BCUT2D eigenvalue weighted by atomic mass is 9.50. The van der Waals surface area contributed by atoms with Crippen LogP contribution >= 0.6 is 0 Å². The Balaban J connectivity index is 1.21. The molecule has 2 aromatic carbocycles. The maximum absolute atomic E-state index is 13.1. The number of benzene rings is 2. The largest absolute Gasteiger partial charge is 0.289 e. The Kier molecular flexibility index (Phi) is 3.46. The Morgan fingerprint density at radius 2 is 1.00 bits per heavy atom. The number of hydrogen-bond donors (Lipinski definition) is 2. The molecule has 6 saturated carbocycles. The van der Waals surface area contributed by atoms with Crippen LogP contribution in [-0.4, -0.2) is 33.7 Å². The molecule has 166 valence electrons. The number of carbonyl (C=O) groups is 1. The van der Waals surface area contributed by atoms with Gasteiger partial charge in [-0.2, -0.15) is 0 Å². The lowest BCUT2D eigenvalue weighted by molar-refractivity contribution is -0.0319. The summed E-state index contributed by atoms with van der Waals surface area (Å²) in [6.45, 7) is 0. The molecule has 9 rings (SSSR count). The summed E-state index contributed by atoms with van der Waals surface area (Å²) in [6.07, 6.45) is 5.30. The standard InChI is InChI=1S/C23H22N2O5S2/c26-21-19-5-15(31(27,28)24-22-7-13(8-22)9-22)1-3-17(19)18-4-2-16(6-20(18)21)32(29,30)25-23-10-14(11-23)12-23/h1-6,13-14,24-25H,7-12H2. The van der Waals surface area contributed by atoms with Crippen molar-refractivity contribution in [2.45, 2.75) is 59.4 Å². The minimum atomic E-state index is -3.73. The smallest absolute Gasteiger partial charge is 0.241 e. The molecule has 0 atom stereocenters. The Labute approximate surface area is 186 Å². The Bertz CT molecular complexity index is 1320. The van der Waals surface area contributed by atoms with Gasteiger partial charge in [0.05, 0.1) is 9.79 Å². The van der Waals surface area contributed by atoms with Crippen molar-refractivity contribution in [3.05, 3.63) is 47.5 Å². The number of ketones is 1. The molecule has 7 aliphatic rings. The van der Waals surface area contributed by atoms with E-state index in [2.05, 4.69) is 9.44 Å². The first-order valence-corrected chi connectivity index (χ1v) is 14.0. The highest BCUT2D eigenvalue weighted by Crippen LogP contribution is 2.58. The van der Waals surface area contributed by atoms with Crippen molar-refractivity contribution < 1.29 is 21.6 Å². The third kappa shape index (κ3) is 2.50. The topological polar surface area (TPSA) is 109 Å². The summed E-state index contributed by atoms with van der Waals surface area (Å²) in [5.74, 6) is 0.937. The average Bonchev–Trinajstić information content (AvgIpc) is 2.91. The Morgan fingerprint density at radius 3 is 1.31 bits per heavy atom. The SMILES string of the molecule is O=C1c2cc(S(=O)(=O)NC34CC(C3)C4)ccc2-c2ccc(S(=O)(=O)NC34CC(C3)C4)cc21. The third-order valence-electron chi connectivity index (χ3n) is 8.16. The lowest BCUT2D eigenvalue weighted by Crippen LogP contribution is -2.67. The minimum absolute atomic E-state index is 0.0697. The van der Waals surface area contributed by atoms with Gasteiger partial charge in [-0.1, -0.05) is 12.1 Å². The highest BCUT2D eigenvalue weighted by Gasteiger charge is 2.59. The lowest BCUT2D eigenvalue weighted by Gasteiger charge is -2.61. The van der Waals surface area contributed by atoms with Gasteiger partial charge >= 0.3 is 0 Å². The van der Waals surface area contributed by atoms with Crippen molar-refractivity contribution in [2.24, 2.45) is 11.8 Å². The van der Waals surface area contributed by atoms with E-state index in [0.717, 1.165) is 38.5 Å². The molecule has 0 aromatic heterocycles. The van der Waals surface area contributed by atoms with Crippen LogP contribution in [-0.2, 0) is 20.0 Å². The fraction of sp³-hybridized carbons (Fsp3) is 0.435. The summed E-state index contributed by atoms with van der Waals surface area (Å²) >= 11 is 0. The van der Waals surface area contributed by atoms with Gasteiger partial charge in [0.1, 0.15) is 0 Å². The van der Waals surface area contributed by atoms with E-state index in [4.69, 9.17) is 0 Å². The van der Waals surface area contributed by atoms with Gasteiger partial charge in [-0.15, -0.1) is 0 Å². The van der Waals surface area contributed by atoms with Crippen LogP contribution in [0.5, 0.6) is 0 Å². The van der Waals surface area contributed by atoms with E-state index in [1.165, 1.54) is 24.3 Å². The molecule has 2 N–H and O–H groups in total. The molecular formula is C23H22N2O5S2. The molecule has 0 spiro atoms. The zero-order valence-corrected chi connectivity index (χ0v) is 18.9. The molecule has 0 radical (unpaired) electrons. The monoisotopic (exact) mass is 470 g/mol. The molecule has 32 heavy (non-hydrogen) atoms. The van der Waals surface area contributed by atoms with Crippen molar-refractivity contribution in [3.63, 3.8) is 0 Å². The van der Waals surface area contributed by atoms with Crippen molar-refractivity contribution in [3.8, 4) is 11.1 Å². The van der Waals surface area contributed by atoms with Crippen LogP contribution in [0.2, 0.25) is 0 Å². The maximum Gasteiger partial charge on any atom is 0.241 e. The number of fused-ring (bicyclic) bond motifs is 3. The predicted octanol–water partition coefficient (Wildman–Crippen LogP) is 2.56. The second-order valence-electron chi connectivity index (χ2n) is 10.5. The molecule has 0 saturated heterocycles. The van der Waals surface area contributed by atoms with Gasteiger partial charge < -0.3 is 0 Å². The van der Waals surface area contributed by atoms with E-state index >= 15 is 0 Å². The number of hydrogen-bond acceptors (Lipinski definition) is 5. The van der Waals surface area contributed by atoms with Gasteiger partial charge in [-0.3, -0.25) is 4.79 Å². The van der Waals surface area contributed by atoms with E-state index in [0.29, 0.717) is 34.1 Å². The second kappa shape index (κ2) is 5.70. The van der Waals surface area contributed by atoms with E-state index in [1.807, 2.05) is 0 Å². The summed E-state index contributed by atoms with van der Waals surface area (Å²) in [7, 11) is -7.45. The molecule has 7 nitrogen and oxygen atoms in total. The molecule has 2 aromatic rings. The third-order valence-corrected chi connectivity index (χ3v) is 11.3. The molecule has 4 bridgehead atoms. The second-order valence-corrected chi connectivity index (χ2v) is 13.8. The van der Waals surface area contributed by atoms with Crippen LogP contribution < -0.4 is 9.44 Å². The zero-order valence-electron chi connectivity index (χ0n) is 17.2. The molecule has 6 fully saturated rings. The van der Waals surface area contributed by atoms with E-state index < -0.39 is 20.0 Å². The Morgan fingerprint density at radius 1 is 0.625 bits per heavy atom. The van der Waals surface area contributed by atoms with Crippen LogP contribution in [0.3, 0.4) is 0 Å². The number of rotatable bonds is 6. The fourth-order valence-corrected chi connectivity index (χ4v) is 9.18. The highest BCUT2D eigenvalue weighted by molar-refractivity contribution is 7.89. The Hall–Kier alpha value is -2.07.